The number of rotatable bonds is 6. The van der Waals surface area contributed by atoms with Crippen LogP contribution in [0.3, 0.4) is 0 Å². The molecule has 1 fully saturated rings. The molecule has 0 heterocycles. The molecule has 0 aromatic heterocycles. The molecule has 0 spiro atoms. The zero-order chi connectivity index (χ0) is 15.1. The van der Waals surface area contributed by atoms with Crippen molar-refractivity contribution in [1.82, 2.24) is 10.2 Å². The molecule has 1 N–H and O–H groups in total. The van der Waals surface area contributed by atoms with E-state index in [1.807, 2.05) is 12.1 Å². The molecule has 1 aromatic rings. The van der Waals surface area contributed by atoms with Crippen LogP contribution in [0.1, 0.15) is 50.1 Å². The van der Waals surface area contributed by atoms with Crippen molar-refractivity contribution in [2.45, 2.75) is 50.6 Å². The van der Waals surface area contributed by atoms with Gasteiger partial charge < -0.3 is 15.0 Å². The third-order valence-electron chi connectivity index (χ3n) is 4.79. The summed E-state index contributed by atoms with van der Waals surface area (Å²) in [5.74, 6) is 0.922. The van der Waals surface area contributed by atoms with Gasteiger partial charge >= 0.3 is 0 Å². The van der Waals surface area contributed by atoms with Crippen LogP contribution in [0.5, 0.6) is 5.75 Å². The van der Waals surface area contributed by atoms with Crippen molar-refractivity contribution in [1.29, 1.82) is 0 Å². The molecule has 0 amide bonds. The Morgan fingerprint density at radius 1 is 1.14 bits per heavy atom. The quantitative estimate of drug-likeness (QED) is 0.810. The van der Waals surface area contributed by atoms with Crippen molar-refractivity contribution >= 4 is 0 Å². The number of benzene rings is 1. The van der Waals surface area contributed by atoms with Gasteiger partial charge in [0.1, 0.15) is 5.75 Å². The molecule has 1 unspecified atom stereocenters. The maximum atomic E-state index is 5.24. The van der Waals surface area contributed by atoms with Crippen molar-refractivity contribution in [2.24, 2.45) is 0 Å². The monoisotopic (exact) mass is 290 g/mol. The first-order chi connectivity index (χ1) is 10.2. The summed E-state index contributed by atoms with van der Waals surface area (Å²) in [5.41, 5.74) is 1.33. The van der Waals surface area contributed by atoms with Gasteiger partial charge in [0.2, 0.25) is 0 Å². The Labute approximate surface area is 129 Å². The van der Waals surface area contributed by atoms with E-state index in [-0.39, 0.29) is 0 Å². The second-order valence-corrected chi connectivity index (χ2v) is 6.20. The summed E-state index contributed by atoms with van der Waals surface area (Å²) >= 11 is 0. The molecule has 2 rings (SSSR count). The normalized spacial score (nSPS) is 18.5. The first kappa shape index (κ1) is 16.3. The van der Waals surface area contributed by atoms with Crippen LogP contribution in [0.15, 0.2) is 24.3 Å². The van der Waals surface area contributed by atoms with Crippen LogP contribution in [0, 0.1) is 0 Å². The molecule has 1 atom stereocenters. The van der Waals surface area contributed by atoms with Gasteiger partial charge in [0.05, 0.1) is 7.11 Å². The topological polar surface area (TPSA) is 24.5 Å². The largest absolute Gasteiger partial charge is 0.497 e. The van der Waals surface area contributed by atoms with Crippen LogP contribution < -0.4 is 10.1 Å². The molecule has 1 aromatic carbocycles. The van der Waals surface area contributed by atoms with Gasteiger partial charge in [-0.1, -0.05) is 37.8 Å². The molecule has 0 saturated heterocycles. The number of likely N-dealkylation sites (N-methyl/N-ethyl adjacent to an activating group) is 2. The zero-order valence-electron chi connectivity index (χ0n) is 13.8. The van der Waals surface area contributed by atoms with E-state index >= 15 is 0 Å². The fraction of sp³-hybridized carbons (Fsp3) is 0.667. The highest BCUT2D eigenvalue weighted by Crippen LogP contribution is 2.24. The third kappa shape index (κ3) is 4.72. The van der Waals surface area contributed by atoms with Gasteiger partial charge in [0, 0.05) is 18.6 Å². The molecule has 1 saturated carbocycles. The van der Waals surface area contributed by atoms with Gasteiger partial charge in [-0.15, -0.1) is 0 Å². The van der Waals surface area contributed by atoms with E-state index < -0.39 is 0 Å². The van der Waals surface area contributed by atoms with E-state index in [0.717, 1.165) is 18.3 Å². The Balaban J connectivity index is 1.96. The van der Waals surface area contributed by atoms with Gasteiger partial charge in [0.15, 0.2) is 0 Å². The van der Waals surface area contributed by atoms with Crippen molar-refractivity contribution < 1.29 is 4.74 Å². The van der Waals surface area contributed by atoms with Gasteiger partial charge in [-0.2, -0.15) is 0 Å². The number of hydrogen-bond donors (Lipinski definition) is 1. The summed E-state index contributed by atoms with van der Waals surface area (Å²) in [7, 11) is 6.05. The predicted molar refractivity (Wildman–Crippen MR) is 88.9 cm³/mol. The van der Waals surface area contributed by atoms with Crippen molar-refractivity contribution in [3.63, 3.8) is 0 Å². The SMILES string of the molecule is CNC(CN(C)C1CCCCCC1)c1ccc(OC)cc1. The average molecular weight is 290 g/mol. The number of ether oxygens (including phenoxy) is 1. The molecule has 1 aliphatic carbocycles. The molecular weight excluding hydrogens is 260 g/mol. The highest BCUT2D eigenvalue weighted by Gasteiger charge is 2.20. The van der Waals surface area contributed by atoms with E-state index in [2.05, 4.69) is 36.4 Å². The van der Waals surface area contributed by atoms with Crippen LogP contribution in [0.25, 0.3) is 0 Å². The highest BCUT2D eigenvalue weighted by molar-refractivity contribution is 5.29. The summed E-state index contributed by atoms with van der Waals surface area (Å²) in [6, 6.07) is 9.56. The number of nitrogens with zero attached hydrogens (tertiary/aromatic N) is 1. The van der Waals surface area contributed by atoms with Crippen LogP contribution in [-0.2, 0) is 0 Å². The summed E-state index contributed by atoms with van der Waals surface area (Å²) < 4.78 is 5.24. The Hall–Kier alpha value is -1.06. The maximum absolute atomic E-state index is 5.24. The Kier molecular flexibility index (Phi) is 6.52. The Morgan fingerprint density at radius 2 is 1.76 bits per heavy atom. The lowest BCUT2D eigenvalue weighted by Gasteiger charge is -2.31. The fourth-order valence-electron chi connectivity index (χ4n) is 3.34. The van der Waals surface area contributed by atoms with E-state index in [9.17, 15) is 0 Å². The van der Waals surface area contributed by atoms with Crippen LogP contribution in [0.2, 0.25) is 0 Å². The molecule has 1 aliphatic rings. The summed E-state index contributed by atoms with van der Waals surface area (Å²) in [4.78, 5) is 2.55. The Bertz CT molecular complexity index is 396. The minimum Gasteiger partial charge on any atom is -0.497 e. The van der Waals surface area contributed by atoms with Gasteiger partial charge in [-0.3, -0.25) is 0 Å². The lowest BCUT2D eigenvalue weighted by atomic mass is 10.0. The third-order valence-corrected chi connectivity index (χ3v) is 4.79. The van der Waals surface area contributed by atoms with Gasteiger partial charge in [0.25, 0.3) is 0 Å². The maximum Gasteiger partial charge on any atom is 0.118 e. The van der Waals surface area contributed by atoms with E-state index in [4.69, 9.17) is 4.74 Å². The average Bonchev–Trinajstić information content (AvgIpc) is 2.82. The number of nitrogens with one attached hydrogen (secondary N) is 1. The Morgan fingerprint density at radius 3 is 2.29 bits per heavy atom. The summed E-state index contributed by atoms with van der Waals surface area (Å²) in [6.45, 7) is 1.06. The van der Waals surface area contributed by atoms with E-state index in [1.54, 1.807) is 7.11 Å². The van der Waals surface area contributed by atoms with E-state index in [1.165, 1.54) is 44.1 Å². The number of hydrogen-bond acceptors (Lipinski definition) is 3. The van der Waals surface area contributed by atoms with Gasteiger partial charge in [-0.05, 0) is 44.6 Å². The molecule has 118 valence electrons. The molecular formula is C18H30N2O. The standard InChI is InChI=1S/C18H30N2O/c1-19-18(15-10-12-17(21-3)13-11-15)14-20(2)16-8-6-4-5-7-9-16/h10-13,16,18-19H,4-9,14H2,1-3H3. The molecule has 3 nitrogen and oxygen atoms in total. The summed E-state index contributed by atoms with van der Waals surface area (Å²) in [5, 5.41) is 3.46. The van der Waals surface area contributed by atoms with E-state index in [0.29, 0.717) is 6.04 Å². The molecule has 21 heavy (non-hydrogen) atoms. The summed E-state index contributed by atoms with van der Waals surface area (Å²) in [6.07, 6.45) is 8.32. The second-order valence-electron chi connectivity index (χ2n) is 6.20. The van der Waals surface area contributed by atoms with Crippen LogP contribution in [-0.4, -0.2) is 38.7 Å². The number of methoxy groups -OCH3 is 1. The minimum absolute atomic E-state index is 0.379. The minimum atomic E-state index is 0.379. The van der Waals surface area contributed by atoms with Crippen molar-refractivity contribution in [2.75, 3.05) is 27.7 Å². The highest BCUT2D eigenvalue weighted by atomic mass is 16.5. The molecule has 0 bridgehead atoms. The zero-order valence-corrected chi connectivity index (χ0v) is 13.8. The molecule has 0 radical (unpaired) electrons. The van der Waals surface area contributed by atoms with Crippen LogP contribution in [0.4, 0.5) is 0 Å². The lowest BCUT2D eigenvalue weighted by molar-refractivity contribution is 0.201. The lowest BCUT2D eigenvalue weighted by Crippen LogP contribution is -2.38. The first-order valence-electron chi connectivity index (χ1n) is 8.26. The molecule has 0 aliphatic heterocycles. The van der Waals surface area contributed by atoms with Crippen molar-refractivity contribution in [3.05, 3.63) is 29.8 Å². The smallest absolute Gasteiger partial charge is 0.118 e. The predicted octanol–water partition coefficient (Wildman–Crippen LogP) is 3.61. The van der Waals surface area contributed by atoms with Crippen LogP contribution >= 0.6 is 0 Å². The second kappa shape index (κ2) is 8.40. The first-order valence-corrected chi connectivity index (χ1v) is 8.26. The molecule has 3 heteroatoms. The van der Waals surface area contributed by atoms with Crippen molar-refractivity contribution in [3.8, 4) is 5.75 Å². The van der Waals surface area contributed by atoms with Gasteiger partial charge in [-0.25, -0.2) is 0 Å². The fourth-order valence-corrected chi connectivity index (χ4v) is 3.34.